The summed E-state index contributed by atoms with van der Waals surface area (Å²) in [7, 11) is 0. The Hall–Kier alpha value is -2.71. The van der Waals surface area contributed by atoms with Gasteiger partial charge < -0.3 is 15.1 Å². The minimum Gasteiger partial charge on any atom is -0.480 e. The van der Waals surface area contributed by atoms with E-state index < -0.39 is 18.0 Å². The lowest BCUT2D eigenvalue weighted by atomic mass is 10.0. The van der Waals surface area contributed by atoms with Crippen LogP contribution in [0.3, 0.4) is 0 Å². The maximum Gasteiger partial charge on any atom is 0.336 e. The number of aliphatic carboxylic acids is 1. The van der Waals surface area contributed by atoms with Crippen LogP contribution in [0.2, 0.25) is 0 Å². The van der Waals surface area contributed by atoms with Crippen LogP contribution in [0.25, 0.3) is 20.5 Å². The molecule has 2 aromatic carbocycles. The molecule has 0 saturated heterocycles. The van der Waals surface area contributed by atoms with Gasteiger partial charge in [0.2, 0.25) is 5.91 Å². The number of carboxylic acids is 2. The molecule has 1 amide bonds. The fourth-order valence-electron chi connectivity index (χ4n) is 4.04. The van der Waals surface area contributed by atoms with Crippen molar-refractivity contribution in [2.75, 3.05) is 0 Å². The van der Waals surface area contributed by atoms with E-state index >= 15 is 0 Å². The summed E-state index contributed by atoms with van der Waals surface area (Å²) in [5.41, 5.74) is 1.68. The Balaban J connectivity index is 2.02. The number of carboxylic acid groups (broad SMARTS) is 2. The molecule has 0 radical (unpaired) electrons. The van der Waals surface area contributed by atoms with Crippen LogP contribution in [-0.2, 0) is 16.1 Å². The quantitative estimate of drug-likeness (QED) is 0.297. The summed E-state index contributed by atoms with van der Waals surface area (Å²) in [6, 6.07) is 11.7. The van der Waals surface area contributed by atoms with Crippen LogP contribution in [0.15, 0.2) is 46.9 Å². The van der Waals surface area contributed by atoms with Crippen molar-refractivity contribution in [1.82, 2.24) is 4.90 Å². The first kappa shape index (κ1) is 25.9. The molecule has 180 valence electrons. The number of fused-ring (bicyclic) bond motifs is 1. The van der Waals surface area contributed by atoms with E-state index in [0.717, 1.165) is 31.4 Å². The van der Waals surface area contributed by atoms with E-state index in [1.807, 2.05) is 45.0 Å². The van der Waals surface area contributed by atoms with Crippen LogP contribution in [-0.4, -0.2) is 39.0 Å². The number of carbonyl (C=O) groups is 3. The molecule has 0 aliphatic carbocycles. The van der Waals surface area contributed by atoms with Gasteiger partial charge in [0.05, 0.1) is 10.4 Å². The van der Waals surface area contributed by atoms with Crippen LogP contribution in [0, 0.1) is 5.92 Å². The van der Waals surface area contributed by atoms with Crippen molar-refractivity contribution in [3.63, 3.8) is 0 Å². The highest BCUT2D eigenvalue weighted by Gasteiger charge is 2.32. The number of thiophene rings is 1. The largest absolute Gasteiger partial charge is 0.480 e. The maximum absolute atomic E-state index is 13.0. The van der Waals surface area contributed by atoms with Crippen LogP contribution in [0.1, 0.15) is 56.0 Å². The second kappa shape index (κ2) is 11.1. The minimum absolute atomic E-state index is 0.163. The van der Waals surface area contributed by atoms with E-state index in [1.165, 1.54) is 16.2 Å². The summed E-state index contributed by atoms with van der Waals surface area (Å²) >= 11 is 5.14. The number of halogens is 1. The Morgan fingerprint density at radius 3 is 2.41 bits per heavy atom. The lowest BCUT2D eigenvalue weighted by Crippen LogP contribution is -2.47. The molecule has 1 heterocycles. The smallest absolute Gasteiger partial charge is 0.336 e. The van der Waals surface area contributed by atoms with E-state index in [4.69, 9.17) is 0 Å². The van der Waals surface area contributed by atoms with Crippen LogP contribution in [0.5, 0.6) is 0 Å². The van der Waals surface area contributed by atoms with Gasteiger partial charge in [-0.15, -0.1) is 11.3 Å². The zero-order valence-corrected chi connectivity index (χ0v) is 21.8. The Morgan fingerprint density at radius 2 is 1.79 bits per heavy atom. The van der Waals surface area contributed by atoms with Crippen LogP contribution in [0.4, 0.5) is 0 Å². The number of nitrogens with zero attached hydrogens (tertiary/aromatic N) is 1. The predicted octanol–water partition coefficient (Wildman–Crippen LogP) is 6.66. The summed E-state index contributed by atoms with van der Waals surface area (Å²) < 4.78 is 1.75. The van der Waals surface area contributed by atoms with Gasteiger partial charge in [0.25, 0.3) is 0 Å². The summed E-state index contributed by atoms with van der Waals surface area (Å²) in [4.78, 5) is 39.0. The maximum atomic E-state index is 13.0. The highest BCUT2D eigenvalue weighted by molar-refractivity contribution is 9.10. The van der Waals surface area contributed by atoms with Gasteiger partial charge in [-0.25, -0.2) is 9.59 Å². The molecular formula is C26H28BrNO5S. The molecule has 1 atom stereocenters. The van der Waals surface area contributed by atoms with Gasteiger partial charge in [-0.1, -0.05) is 51.5 Å². The van der Waals surface area contributed by atoms with Crippen LogP contribution < -0.4 is 0 Å². The summed E-state index contributed by atoms with van der Waals surface area (Å²) in [6.45, 7) is 5.81. The van der Waals surface area contributed by atoms with Gasteiger partial charge in [-0.05, 0) is 52.0 Å². The zero-order valence-electron chi connectivity index (χ0n) is 19.4. The molecule has 0 spiro atoms. The van der Waals surface area contributed by atoms with E-state index in [9.17, 15) is 24.6 Å². The van der Waals surface area contributed by atoms with Crippen molar-refractivity contribution < 1.29 is 24.6 Å². The third-order valence-electron chi connectivity index (χ3n) is 5.73. The van der Waals surface area contributed by atoms with E-state index in [0.29, 0.717) is 18.4 Å². The van der Waals surface area contributed by atoms with Gasteiger partial charge in [0.15, 0.2) is 0 Å². The van der Waals surface area contributed by atoms with Crippen molar-refractivity contribution in [2.24, 2.45) is 5.92 Å². The highest BCUT2D eigenvalue weighted by atomic mass is 79.9. The van der Waals surface area contributed by atoms with E-state index in [-0.39, 0.29) is 23.9 Å². The molecule has 3 rings (SSSR count). The van der Waals surface area contributed by atoms with Crippen LogP contribution >= 0.6 is 27.3 Å². The van der Waals surface area contributed by atoms with Gasteiger partial charge in [0, 0.05) is 33.1 Å². The second-order valence-electron chi connectivity index (χ2n) is 8.58. The van der Waals surface area contributed by atoms with Crippen molar-refractivity contribution in [2.45, 2.75) is 52.6 Å². The van der Waals surface area contributed by atoms with E-state index in [2.05, 4.69) is 15.9 Å². The monoisotopic (exact) mass is 545 g/mol. The average Bonchev–Trinajstić information content (AvgIpc) is 3.12. The third kappa shape index (κ3) is 5.50. The van der Waals surface area contributed by atoms with Crippen molar-refractivity contribution in [1.29, 1.82) is 0 Å². The Labute approximate surface area is 211 Å². The predicted molar refractivity (Wildman–Crippen MR) is 138 cm³/mol. The lowest BCUT2D eigenvalue weighted by molar-refractivity contribution is -0.153. The fourth-order valence-corrected chi connectivity index (χ4v) is 6.07. The molecule has 8 heteroatoms. The minimum atomic E-state index is -1.01. The number of aromatic carboxylic acids is 1. The molecule has 1 aromatic heterocycles. The Bertz CT molecular complexity index is 1220. The number of carbonyl (C=O) groups excluding carboxylic acids is 1. The number of amides is 1. The van der Waals surface area contributed by atoms with Crippen molar-refractivity contribution in [3.8, 4) is 10.4 Å². The highest BCUT2D eigenvalue weighted by Crippen LogP contribution is 2.43. The number of hydrogen-bond donors (Lipinski definition) is 2. The standard InChI is InChI=1S/C26H28BrNO5S/c1-4-5-10-21(29)28(23(15(2)3)26(32)33)14-16-11-12-20-19(13-16)22(27)24(34-20)17-8-6-7-9-18(17)25(30)31/h6-9,11-13,15,23H,4-5,10,14H2,1-3H3,(H,30,31)(H,32,33)/t23-/m0/s1. The molecule has 3 aromatic rings. The Morgan fingerprint density at radius 1 is 1.09 bits per heavy atom. The van der Waals surface area contributed by atoms with Gasteiger partial charge >= 0.3 is 11.9 Å². The lowest BCUT2D eigenvalue weighted by Gasteiger charge is -2.32. The molecule has 2 N–H and O–H groups in total. The molecule has 0 aliphatic rings. The van der Waals surface area contributed by atoms with Gasteiger partial charge in [0.1, 0.15) is 6.04 Å². The van der Waals surface area contributed by atoms with Crippen molar-refractivity contribution in [3.05, 3.63) is 58.1 Å². The SMILES string of the molecule is CCCCC(=O)N(Cc1ccc2sc(-c3ccccc3C(=O)O)c(Br)c2c1)[C@H](C(=O)O)C(C)C. The number of benzene rings is 2. The molecular weight excluding hydrogens is 518 g/mol. The molecule has 34 heavy (non-hydrogen) atoms. The molecule has 6 nitrogen and oxygen atoms in total. The first-order valence-corrected chi connectivity index (χ1v) is 12.8. The second-order valence-corrected chi connectivity index (χ2v) is 10.4. The summed E-state index contributed by atoms with van der Waals surface area (Å²) in [6.07, 6.45) is 1.88. The number of rotatable bonds is 10. The summed E-state index contributed by atoms with van der Waals surface area (Å²) in [5.74, 6) is -2.40. The topological polar surface area (TPSA) is 94.9 Å². The van der Waals surface area contributed by atoms with Crippen molar-refractivity contribution >= 4 is 55.2 Å². The van der Waals surface area contributed by atoms with Gasteiger partial charge in [-0.2, -0.15) is 0 Å². The Kier molecular flexibility index (Phi) is 8.49. The number of unbranched alkanes of at least 4 members (excludes halogenated alkanes) is 1. The van der Waals surface area contributed by atoms with E-state index in [1.54, 1.807) is 18.2 Å². The molecule has 0 saturated carbocycles. The normalized spacial score (nSPS) is 12.1. The average molecular weight is 546 g/mol. The third-order valence-corrected chi connectivity index (χ3v) is 8.02. The molecule has 0 bridgehead atoms. The first-order chi connectivity index (χ1) is 16.1. The molecule has 0 unspecified atom stereocenters. The zero-order chi connectivity index (χ0) is 25.0. The molecule has 0 aliphatic heterocycles. The number of hydrogen-bond acceptors (Lipinski definition) is 4. The first-order valence-electron chi connectivity index (χ1n) is 11.2. The summed E-state index contributed by atoms with van der Waals surface area (Å²) in [5, 5.41) is 20.3. The molecule has 0 fully saturated rings. The fraction of sp³-hybridized carbons (Fsp3) is 0.346. The van der Waals surface area contributed by atoms with Gasteiger partial charge in [-0.3, -0.25) is 4.79 Å².